The van der Waals surface area contributed by atoms with Crippen molar-refractivity contribution in [3.05, 3.63) is 109 Å². The molecular weight excluding hydrogens is 404 g/mol. The normalized spacial score (nSPS) is 12.0. The molecule has 33 heavy (non-hydrogen) atoms. The zero-order valence-electron chi connectivity index (χ0n) is 18.1. The Balaban J connectivity index is 1.27. The summed E-state index contributed by atoms with van der Waals surface area (Å²) < 4.78 is 8.49. The molecule has 0 atom stereocenters. The number of fused-ring (bicyclic) bond motifs is 3. The Morgan fingerprint density at radius 3 is 2.12 bits per heavy atom. The van der Waals surface area contributed by atoms with Crippen LogP contribution in [0.5, 0.6) is 11.5 Å². The minimum Gasteiger partial charge on any atom is -0.453 e. The lowest BCUT2D eigenvalue weighted by Gasteiger charge is -2.21. The fourth-order valence-corrected chi connectivity index (χ4v) is 4.89. The third-order valence-corrected chi connectivity index (χ3v) is 6.53. The molecule has 0 saturated heterocycles. The maximum atomic E-state index is 6.30. The SMILES string of the molecule is Cc1nc2cccc3c2n1-c1ccc(-c2ccc(-c4ccc5ccccc5c4)cc2)cc1O3. The van der Waals surface area contributed by atoms with Gasteiger partial charge >= 0.3 is 0 Å². The van der Waals surface area contributed by atoms with Crippen LogP contribution in [0.15, 0.2) is 103 Å². The largest absolute Gasteiger partial charge is 0.453 e. The molecule has 0 aliphatic carbocycles. The zero-order chi connectivity index (χ0) is 21.9. The van der Waals surface area contributed by atoms with Crippen molar-refractivity contribution >= 4 is 21.8 Å². The highest BCUT2D eigenvalue weighted by molar-refractivity contribution is 5.89. The van der Waals surface area contributed by atoms with E-state index in [1.165, 1.54) is 21.9 Å². The third kappa shape index (κ3) is 2.79. The highest BCUT2D eigenvalue weighted by Gasteiger charge is 2.23. The summed E-state index contributed by atoms with van der Waals surface area (Å²) in [6.45, 7) is 2.04. The second-order valence-corrected chi connectivity index (χ2v) is 8.54. The average molecular weight is 425 g/mol. The summed E-state index contributed by atoms with van der Waals surface area (Å²) >= 11 is 0. The summed E-state index contributed by atoms with van der Waals surface area (Å²) in [5.74, 6) is 2.67. The van der Waals surface area contributed by atoms with Gasteiger partial charge in [0.1, 0.15) is 11.3 Å². The molecule has 0 spiro atoms. The fraction of sp³-hybridized carbons (Fsp3) is 0.0333. The van der Waals surface area contributed by atoms with Crippen molar-refractivity contribution in [3.8, 4) is 39.4 Å². The Hall–Kier alpha value is -4.37. The van der Waals surface area contributed by atoms with E-state index in [1.807, 2.05) is 25.1 Å². The maximum Gasteiger partial charge on any atom is 0.153 e. The van der Waals surface area contributed by atoms with E-state index >= 15 is 0 Å². The van der Waals surface area contributed by atoms with Crippen molar-refractivity contribution in [2.45, 2.75) is 6.92 Å². The molecule has 7 rings (SSSR count). The lowest BCUT2D eigenvalue weighted by atomic mass is 9.98. The van der Waals surface area contributed by atoms with Crippen LogP contribution in [0.1, 0.15) is 5.82 Å². The second kappa shape index (κ2) is 6.81. The van der Waals surface area contributed by atoms with Crippen LogP contribution in [0.25, 0.3) is 49.7 Å². The number of benzene rings is 5. The number of nitrogens with zero attached hydrogens (tertiary/aromatic N) is 2. The molecular formula is C30H20N2O. The van der Waals surface area contributed by atoms with E-state index in [2.05, 4.69) is 89.5 Å². The summed E-state index contributed by atoms with van der Waals surface area (Å²) in [6, 6.07) is 36.3. The van der Waals surface area contributed by atoms with Crippen molar-refractivity contribution in [2.24, 2.45) is 0 Å². The predicted molar refractivity (Wildman–Crippen MR) is 134 cm³/mol. The monoisotopic (exact) mass is 424 g/mol. The van der Waals surface area contributed by atoms with E-state index in [1.54, 1.807) is 0 Å². The Bertz CT molecular complexity index is 1690. The molecule has 5 aromatic carbocycles. The molecule has 3 heteroatoms. The topological polar surface area (TPSA) is 27.1 Å². The van der Waals surface area contributed by atoms with Gasteiger partial charge in [-0.2, -0.15) is 0 Å². The number of aryl methyl sites for hydroxylation is 1. The smallest absolute Gasteiger partial charge is 0.153 e. The summed E-state index contributed by atoms with van der Waals surface area (Å²) in [5, 5.41) is 2.52. The minimum atomic E-state index is 0.851. The molecule has 0 fully saturated rings. The molecule has 0 N–H and O–H groups in total. The van der Waals surface area contributed by atoms with E-state index in [0.29, 0.717) is 0 Å². The molecule has 0 radical (unpaired) electrons. The molecule has 1 aliphatic rings. The Labute approximate surface area is 191 Å². The van der Waals surface area contributed by atoms with Crippen LogP contribution >= 0.6 is 0 Å². The van der Waals surface area contributed by atoms with Gasteiger partial charge in [-0.25, -0.2) is 4.98 Å². The van der Waals surface area contributed by atoms with Gasteiger partial charge in [0.15, 0.2) is 11.5 Å². The van der Waals surface area contributed by atoms with Gasteiger partial charge in [0.2, 0.25) is 0 Å². The van der Waals surface area contributed by atoms with E-state index < -0.39 is 0 Å². The van der Waals surface area contributed by atoms with E-state index in [4.69, 9.17) is 9.72 Å². The molecule has 0 saturated carbocycles. The van der Waals surface area contributed by atoms with Crippen LogP contribution in [-0.2, 0) is 0 Å². The van der Waals surface area contributed by atoms with Gasteiger partial charge in [-0.15, -0.1) is 0 Å². The third-order valence-electron chi connectivity index (χ3n) is 6.53. The molecule has 0 amide bonds. The molecule has 6 aromatic rings. The number of hydrogen-bond donors (Lipinski definition) is 0. The van der Waals surface area contributed by atoms with Gasteiger partial charge < -0.3 is 4.74 Å². The van der Waals surface area contributed by atoms with Crippen LogP contribution < -0.4 is 4.74 Å². The van der Waals surface area contributed by atoms with Gasteiger partial charge in [-0.1, -0.05) is 72.8 Å². The van der Waals surface area contributed by atoms with Crippen LogP contribution in [0.3, 0.4) is 0 Å². The predicted octanol–water partition coefficient (Wildman–Crippen LogP) is 7.93. The van der Waals surface area contributed by atoms with Crippen LogP contribution in [-0.4, -0.2) is 9.55 Å². The van der Waals surface area contributed by atoms with Gasteiger partial charge in [-0.05, 0) is 70.3 Å². The maximum absolute atomic E-state index is 6.30. The van der Waals surface area contributed by atoms with Crippen molar-refractivity contribution < 1.29 is 4.74 Å². The average Bonchev–Trinajstić information content (AvgIpc) is 3.21. The highest BCUT2D eigenvalue weighted by Crippen LogP contribution is 2.42. The molecule has 1 aliphatic heterocycles. The summed E-state index contributed by atoms with van der Waals surface area (Å²) in [6.07, 6.45) is 0. The molecule has 1 aromatic heterocycles. The zero-order valence-corrected chi connectivity index (χ0v) is 18.1. The standard InChI is InChI=1S/C30H20N2O/c1-19-31-26-7-4-8-28-30(26)32(19)27-16-15-25(18-29(27)33-28)22-11-9-21(10-12-22)24-14-13-20-5-2-3-6-23(20)17-24/h2-18H,1H3. The summed E-state index contributed by atoms with van der Waals surface area (Å²) in [7, 11) is 0. The lowest BCUT2D eigenvalue weighted by Crippen LogP contribution is -2.05. The first kappa shape index (κ1) is 18.2. The summed E-state index contributed by atoms with van der Waals surface area (Å²) in [5.41, 5.74) is 7.77. The second-order valence-electron chi connectivity index (χ2n) is 8.54. The Kier molecular flexibility index (Phi) is 3.76. The van der Waals surface area contributed by atoms with Crippen LogP contribution in [0, 0.1) is 6.92 Å². The summed E-state index contributed by atoms with van der Waals surface area (Å²) in [4.78, 5) is 4.70. The van der Waals surface area contributed by atoms with E-state index in [9.17, 15) is 0 Å². The van der Waals surface area contributed by atoms with Gasteiger partial charge in [0.25, 0.3) is 0 Å². The van der Waals surface area contributed by atoms with Crippen LogP contribution in [0.2, 0.25) is 0 Å². The fourth-order valence-electron chi connectivity index (χ4n) is 4.89. The molecule has 0 bridgehead atoms. The Morgan fingerprint density at radius 1 is 0.606 bits per heavy atom. The lowest BCUT2D eigenvalue weighted by molar-refractivity contribution is 0.475. The molecule has 0 unspecified atom stereocenters. The highest BCUT2D eigenvalue weighted by atomic mass is 16.5. The first-order valence-electron chi connectivity index (χ1n) is 11.1. The van der Waals surface area contributed by atoms with Gasteiger partial charge in [-0.3, -0.25) is 4.57 Å². The van der Waals surface area contributed by atoms with Gasteiger partial charge in [0, 0.05) is 0 Å². The van der Waals surface area contributed by atoms with Gasteiger partial charge in [0.05, 0.1) is 11.2 Å². The van der Waals surface area contributed by atoms with E-state index in [0.717, 1.165) is 45.2 Å². The number of ether oxygens (including phenoxy) is 1. The van der Waals surface area contributed by atoms with Crippen molar-refractivity contribution in [3.63, 3.8) is 0 Å². The number of aromatic nitrogens is 2. The Morgan fingerprint density at radius 2 is 1.30 bits per heavy atom. The molecule has 2 heterocycles. The number of para-hydroxylation sites is 1. The minimum absolute atomic E-state index is 0.851. The number of rotatable bonds is 2. The molecule has 156 valence electrons. The quantitative estimate of drug-likeness (QED) is 0.282. The first-order valence-corrected chi connectivity index (χ1v) is 11.1. The number of imidazole rings is 1. The van der Waals surface area contributed by atoms with Crippen molar-refractivity contribution in [1.29, 1.82) is 0 Å². The van der Waals surface area contributed by atoms with Crippen molar-refractivity contribution in [2.75, 3.05) is 0 Å². The van der Waals surface area contributed by atoms with Crippen molar-refractivity contribution in [1.82, 2.24) is 9.55 Å². The first-order chi connectivity index (χ1) is 16.2. The molecule has 3 nitrogen and oxygen atoms in total. The van der Waals surface area contributed by atoms with E-state index in [-0.39, 0.29) is 0 Å². The number of hydrogen-bond acceptors (Lipinski definition) is 2. The van der Waals surface area contributed by atoms with Crippen LogP contribution in [0.4, 0.5) is 0 Å².